The molecule has 0 bridgehead atoms. The molecule has 0 heterocycles. The van der Waals surface area contributed by atoms with Gasteiger partial charge in [-0.25, -0.2) is 0 Å². The number of aliphatic hydroxyl groups excluding tert-OH is 1. The molecule has 0 aromatic heterocycles. The lowest BCUT2D eigenvalue weighted by atomic mass is 11.3. The third-order valence-corrected chi connectivity index (χ3v) is 0.190. The van der Waals surface area contributed by atoms with Crippen molar-refractivity contribution in [1.29, 1.82) is 0 Å². The first-order chi connectivity index (χ1) is 2.56. The fraction of sp³-hybridized carbons (Fsp3) is 1.00. The van der Waals surface area contributed by atoms with Gasteiger partial charge in [0.15, 0.2) is 0 Å². The SMILES string of the molecule is OC[N+](O)(O)O.[F-]. The van der Waals surface area contributed by atoms with Gasteiger partial charge in [0.2, 0.25) is 0 Å². The molecule has 0 saturated carbocycles. The Morgan fingerprint density at radius 3 is 1.29 bits per heavy atom. The van der Waals surface area contributed by atoms with E-state index < -0.39 is 11.7 Å². The van der Waals surface area contributed by atoms with Crippen molar-refractivity contribution in [1.82, 2.24) is 0 Å². The van der Waals surface area contributed by atoms with Crippen molar-refractivity contribution in [2.45, 2.75) is 0 Å². The van der Waals surface area contributed by atoms with Crippen molar-refractivity contribution < 1.29 is 30.4 Å². The third kappa shape index (κ3) is 10.7. The molecular weight excluding hydrogens is 109 g/mol. The van der Waals surface area contributed by atoms with E-state index in [9.17, 15) is 0 Å². The van der Waals surface area contributed by atoms with Crippen LogP contribution < -0.4 is 4.70 Å². The summed E-state index contributed by atoms with van der Waals surface area (Å²) >= 11 is 0. The molecule has 0 radical (unpaired) electrons. The first kappa shape index (κ1) is 9.88. The van der Waals surface area contributed by atoms with Crippen LogP contribution in [0.1, 0.15) is 0 Å². The quantitative estimate of drug-likeness (QED) is 0.159. The largest absolute Gasteiger partial charge is 1.00 e. The van der Waals surface area contributed by atoms with Crippen LogP contribution in [0.5, 0.6) is 0 Å². The average molecular weight is 115 g/mol. The van der Waals surface area contributed by atoms with Gasteiger partial charge in [0.05, 0.1) is 0 Å². The molecule has 0 aromatic rings. The molecule has 0 atom stereocenters. The van der Waals surface area contributed by atoms with Crippen LogP contribution in [0, 0.1) is 0 Å². The van der Waals surface area contributed by atoms with E-state index in [2.05, 4.69) is 0 Å². The Bertz CT molecular complexity index is 41.4. The molecule has 0 aliphatic heterocycles. The van der Waals surface area contributed by atoms with Gasteiger partial charge in [0, 0.05) is 0 Å². The van der Waals surface area contributed by atoms with Crippen molar-refractivity contribution >= 4 is 0 Å². The van der Waals surface area contributed by atoms with Gasteiger partial charge in [-0.1, -0.05) is 0 Å². The van der Waals surface area contributed by atoms with Crippen LogP contribution in [0.4, 0.5) is 0 Å². The lowest BCUT2D eigenvalue weighted by Gasteiger charge is -2.04. The summed E-state index contributed by atoms with van der Waals surface area (Å²) in [7, 11) is 0. The van der Waals surface area contributed by atoms with Crippen molar-refractivity contribution in [2.24, 2.45) is 0 Å². The van der Waals surface area contributed by atoms with Crippen molar-refractivity contribution in [3.63, 3.8) is 0 Å². The lowest BCUT2D eigenvalue weighted by molar-refractivity contribution is -1.37. The van der Waals surface area contributed by atoms with Crippen LogP contribution in [0.2, 0.25) is 0 Å². The molecular formula is CH6FNO4. The normalized spacial score (nSPS) is 10.3. The smallest absolute Gasteiger partial charge is 0.277 e. The molecule has 0 amide bonds. The molecule has 0 spiro atoms. The average Bonchev–Trinajstić information content (AvgIpc) is 1.35. The lowest BCUT2D eigenvalue weighted by Crippen LogP contribution is -3.00. The summed E-state index contributed by atoms with van der Waals surface area (Å²) in [5.41, 5.74) is 0. The molecule has 0 saturated heterocycles. The fourth-order valence-electron chi connectivity index (χ4n) is 0. The highest BCUT2D eigenvalue weighted by molar-refractivity contribution is 3.57. The van der Waals surface area contributed by atoms with E-state index in [1.807, 2.05) is 0 Å². The molecule has 0 aliphatic rings. The van der Waals surface area contributed by atoms with Gasteiger partial charge in [-0.3, -0.25) is 0 Å². The molecule has 46 valence electrons. The minimum atomic E-state index is -2.38. The van der Waals surface area contributed by atoms with Gasteiger partial charge < -0.3 is 9.81 Å². The zero-order valence-electron chi connectivity index (χ0n) is 3.32. The highest BCUT2D eigenvalue weighted by Crippen LogP contribution is 1.78. The highest BCUT2D eigenvalue weighted by atomic mass is 19.0. The molecule has 0 aromatic carbocycles. The zero-order valence-corrected chi connectivity index (χ0v) is 3.32. The van der Waals surface area contributed by atoms with E-state index in [-0.39, 0.29) is 4.70 Å². The first-order valence-corrected chi connectivity index (χ1v) is 1.23. The summed E-state index contributed by atoms with van der Waals surface area (Å²) in [5, 5.41) is 30.5. The molecule has 4 N–H and O–H groups in total. The van der Waals surface area contributed by atoms with Gasteiger partial charge in [0.1, 0.15) is 4.97 Å². The van der Waals surface area contributed by atoms with E-state index in [1.165, 1.54) is 0 Å². The van der Waals surface area contributed by atoms with Crippen LogP contribution in [0.25, 0.3) is 0 Å². The van der Waals surface area contributed by atoms with Gasteiger partial charge in [-0.15, -0.1) is 15.6 Å². The minimum absolute atomic E-state index is 0. The Labute approximate surface area is 38.5 Å². The monoisotopic (exact) mass is 115 g/mol. The highest BCUT2D eigenvalue weighted by Gasteiger charge is 2.13. The molecule has 0 aliphatic carbocycles. The topological polar surface area (TPSA) is 80.9 Å². The number of halogens is 1. The van der Waals surface area contributed by atoms with E-state index in [1.54, 1.807) is 0 Å². The number of aliphatic hydroxyl groups is 1. The second-order valence-corrected chi connectivity index (χ2v) is 0.834. The Hall–Kier alpha value is -0.270. The van der Waals surface area contributed by atoms with Crippen LogP contribution in [0.15, 0.2) is 0 Å². The number of hydroxylamine groups is 3. The Morgan fingerprint density at radius 1 is 1.14 bits per heavy atom. The molecule has 5 nitrogen and oxygen atoms in total. The first-order valence-electron chi connectivity index (χ1n) is 1.23. The number of rotatable bonds is 1. The molecule has 0 rings (SSSR count). The number of hydrogen-bond acceptors (Lipinski definition) is 4. The maximum Gasteiger partial charge on any atom is 0.277 e. The van der Waals surface area contributed by atoms with Crippen molar-refractivity contribution in [3.8, 4) is 0 Å². The van der Waals surface area contributed by atoms with Gasteiger partial charge in [-0.05, 0) is 0 Å². The van der Waals surface area contributed by atoms with E-state index >= 15 is 0 Å². The third-order valence-electron chi connectivity index (χ3n) is 0.190. The maximum absolute atomic E-state index is 7.62. The second kappa shape index (κ2) is 2.83. The molecule has 7 heavy (non-hydrogen) atoms. The van der Waals surface area contributed by atoms with Gasteiger partial charge in [-0.2, -0.15) is 0 Å². The zero-order chi connectivity index (χ0) is 5.21. The molecule has 0 fully saturated rings. The predicted molar refractivity (Wildman–Crippen MR) is 12.7 cm³/mol. The number of nitrogens with zero attached hydrogens (tertiary/aromatic N) is 1. The summed E-state index contributed by atoms with van der Waals surface area (Å²) < 4.78 is 0. The Balaban J connectivity index is 0. The maximum atomic E-state index is 7.62. The summed E-state index contributed by atoms with van der Waals surface area (Å²) in [5.74, 6) is 0. The minimum Gasteiger partial charge on any atom is -1.00 e. The van der Waals surface area contributed by atoms with E-state index in [0.29, 0.717) is 0 Å². The Morgan fingerprint density at radius 2 is 1.29 bits per heavy atom. The van der Waals surface area contributed by atoms with Crippen LogP contribution >= 0.6 is 0 Å². The number of hydrogen-bond donors (Lipinski definition) is 4. The Kier molecular flexibility index (Phi) is 3.99. The summed E-state index contributed by atoms with van der Waals surface area (Å²) in [6.45, 7) is -1.12. The molecule has 6 heteroatoms. The number of quaternary nitrogens is 1. The summed E-state index contributed by atoms with van der Waals surface area (Å²) in [4.78, 5) is -2.38. The van der Waals surface area contributed by atoms with Crippen LogP contribution in [0.3, 0.4) is 0 Å². The van der Waals surface area contributed by atoms with E-state index in [0.717, 1.165) is 0 Å². The van der Waals surface area contributed by atoms with Crippen LogP contribution in [-0.2, 0) is 0 Å². The molecule has 0 unspecified atom stereocenters. The fourth-order valence-corrected chi connectivity index (χ4v) is 0. The van der Waals surface area contributed by atoms with Crippen LogP contribution in [-0.4, -0.2) is 32.4 Å². The predicted octanol–water partition coefficient (Wildman–Crippen LogP) is -4.08. The van der Waals surface area contributed by atoms with E-state index in [4.69, 9.17) is 20.7 Å². The van der Waals surface area contributed by atoms with Crippen molar-refractivity contribution in [2.75, 3.05) is 6.73 Å². The van der Waals surface area contributed by atoms with Crippen molar-refractivity contribution in [3.05, 3.63) is 0 Å². The summed E-state index contributed by atoms with van der Waals surface area (Å²) in [6.07, 6.45) is 0. The standard InChI is InChI=1S/CH6NO4.FH/c3-1-2(4,5)6;/h3-6H,1H2;1H/q+1;/p-1. The summed E-state index contributed by atoms with van der Waals surface area (Å²) in [6, 6.07) is 0. The van der Waals surface area contributed by atoms with Gasteiger partial charge >= 0.3 is 0 Å². The second-order valence-electron chi connectivity index (χ2n) is 0.834. The van der Waals surface area contributed by atoms with Gasteiger partial charge in [0.25, 0.3) is 6.73 Å².